The molecule has 2 N–H and O–H groups in total. The van der Waals surface area contributed by atoms with E-state index in [4.69, 9.17) is 9.47 Å². The van der Waals surface area contributed by atoms with Crippen LogP contribution >= 0.6 is 11.3 Å². The van der Waals surface area contributed by atoms with Crippen LogP contribution in [-0.4, -0.2) is 30.5 Å². The van der Waals surface area contributed by atoms with E-state index in [1.807, 2.05) is 29.6 Å². The number of thiazole rings is 1. The van der Waals surface area contributed by atoms with Crippen molar-refractivity contribution in [3.05, 3.63) is 53.4 Å². The fraction of sp³-hybridized carbons (Fsp3) is 0.111. The van der Waals surface area contributed by atoms with Crippen LogP contribution in [0.1, 0.15) is 5.56 Å². The van der Waals surface area contributed by atoms with Crippen LogP contribution in [0.2, 0.25) is 0 Å². The van der Waals surface area contributed by atoms with Gasteiger partial charge >= 0.3 is 0 Å². The maximum atomic E-state index is 9.75. The first kappa shape index (κ1) is 16.8. The van der Waals surface area contributed by atoms with Crippen LogP contribution in [0.3, 0.4) is 0 Å². The minimum atomic E-state index is 0.0718. The molecule has 2 aromatic carbocycles. The Morgan fingerprint density at radius 3 is 2.60 bits per heavy atom. The number of methoxy groups -OCH3 is 2. The van der Waals surface area contributed by atoms with Gasteiger partial charge in [-0.25, -0.2) is 4.98 Å². The molecular weight excluding hydrogens is 338 g/mol. The Morgan fingerprint density at radius 2 is 1.92 bits per heavy atom. The first-order valence-corrected chi connectivity index (χ1v) is 8.33. The van der Waals surface area contributed by atoms with Crippen LogP contribution in [-0.2, 0) is 0 Å². The van der Waals surface area contributed by atoms with E-state index in [1.54, 1.807) is 31.5 Å². The summed E-state index contributed by atoms with van der Waals surface area (Å²) in [4.78, 5) is 4.50. The number of ether oxygens (including phenoxy) is 2. The summed E-state index contributed by atoms with van der Waals surface area (Å²) in [6, 6.07) is 12.8. The van der Waals surface area contributed by atoms with Crippen molar-refractivity contribution in [3.8, 4) is 28.5 Å². The molecule has 0 spiro atoms. The number of nitrogens with zero attached hydrogens (tertiary/aromatic N) is 2. The van der Waals surface area contributed by atoms with Crippen molar-refractivity contribution in [1.82, 2.24) is 4.98 Å². The van der Waals surface area contributed by atoms with Gasteiger partial charge in [-0.1, -0.05) is 0 Å². The Balaban J connectivity index is 1.65. The largest absolute Gasteiger partial charge is 0.504 e. The fourth-order valence-corrected chi connectivity index (χ4v) is 2.84. The average molecular weight is 355 g/mol. The van der Waals surface area contributed by atoms with Crippen molar-refractivity contribution >= 4 is 22.7 Å². The molecule has 1 heterocycles. The number of phenolic OH excluding ortho intramolecular Hbond substituents is 1. The van der Waals surface area contributed by atoms with Crippen LogP contribution in [0.15, 0.2) is 52.9 Å². The lowest BCUT2D eigenvalue weighted by molar-refractivity contribution is 0.373. The van der Waals surface area contributed by atoms with Gasteiger partial charge in [0.25, 0.3) is 0 Å². The highest BCUT2D eigenvalue weighted by Crippen LogP contribution is 2.27. The minimum Gasteiger partial charge on any atom is -0.504 e. The number of nitrogens with one attached hydrogen (secondary N) is 1. The van der Waals surface area contributed by atoms with E-state index < -0.39 is 0 Å². The van der Waals surface area contributed by atoms with Crippen LogP contribution in [0.4, 0.5) is 5.13 Å². The third-order valence-corrected chi connectivity index (χ3v) is 4.21. The lowest BCUT2D eigenvalue weighted by Crippen LogP contribution is -1.91. The molecule has 0 aliphatic heterocycles. The molecule has 0 saturated heterocycles. The summed E-state index contributed by atoms with van der Waals surface area (Å²) in [5.74, 6) is 1.31. The molecule has 0 radical (unpaired) electrons. The number of hydrazone groups is 1. The number of rotatable bonds is 6. The summed E-state index contributed by atoms with van der Waals surface area (Å²) < 4.78 is 10.2. The third-order valence-electron chi connectivity index (χ3n) is 3.47. The molecule has 128 valence electrons. The Morgan fingerprint density at radius 1 is 1.12 bits per heavy atom. The molecule has 0 aliphatic rings. The number of aromatic nitrogens is 1. The smallest absolute Gasteiger partial charge is 0.203 e. The van der Waals surface area contributed by atoms with Gasteiger partial charge in [-0.05, 0) is 48.0 Å². The van der Waals surface area contributed by atoms with E-state index in [0.29, 0.717) is 10.9 Å². The number of phenols is 1. The predicted octanol–water partition coefficient (Wildman–Crippen LogP) is 3.98. The van der Waals surface area contributed by atoms with Crippen molar-refractivity contribution in [2.24, 2.45) is 5.10 Å². The van der Waals surface area contributed by atoms with E-state index in [-0.39, 0.29) is 5.75 Å². The molecule has 25 heavy (non-hydrogen) atoms. The third kappa shape index (κ3) is 4.07. The maximum absolute atomic E-state index is 9.75. The first-order valence-electron chi connectivity index (χ1n) is 7.45. The van der Waals surface area contributed by atoms with Gasteiger partial charge in [0.2, 0.25) is 5.13 Å². The normalized spacial score (nSPS) is 10.8. The number of anilines is 1. The molecular formula is C18H17N3O3S. The Hall–Kier alpha value is -3.06. The van der Waals surface area contributed by atoms with Crippen molar-refractivity contribution in [3.63, 3.8) is 0 Å². The van der Waals surface area contributed by atoms with Crippen molar-refractivity contribution in [2.45, 2.75) is 0 Å². The zero-order valence-electron chi connectivity index (χ0n) is 13.8. The Labute approximate surface area is 149 Å². The molecule has 3 aromatic rings. The van der Waals surface area contributed by atoms with Gasteiger partial charge in [0.1, 0.15) is 5.75 Å². The van der Waals surface area contributed by atoms with Crippen LogP contribution in [0.5, 0.6) is 17.2 Å². The molecule has 1 aromatic heterocycles. The van der Waals surface area contributed by atoms with Gasteiger partial charge in [-0.2, -0.15) is 5.10 Å². The highest BCUT2D eigenvalue weighted by Gasteiger charge is 2.04. The van der Waals surface area contributed by atoms with Gasteiger partial charge in [0, 0.05) is 10.9 Å². The topological polar surface area (TPSA) is 76.0 Å². The summed E-state index contributed by atoms with van der Waals surface area (Å²) in [5, 5.41) is 16.5. The summed E-state index contributed by atoms with van der Waals surface area (Å²) >= 11 is 1.46. The standard InChI is InChI=1S/C18H17N3O3S/c1-23-14-6-4-13(5-7-14)15-11-25-18(20-15)21-19-10-12-3-8-17(24-2)16(22)9-12/h3-11,22H,1-2H3,(H,20,21)/b19-10-. The maximum Gasteiger partial charge on any atom is 0.203 e. The van der Waals surface area contributed by atoms with Gasteiger partial charge in [-0.3, -0.25) is 5.43 Å². The molecule has 0 saturated carbocycles. The lowest BCUT2D eigenvalue weighted by Gasteiger charge is -2.03. The van der Waals surface area contributed by atoms with Crippen molar-refractivity contribution in [1.29, 1.82) is 0 Å². The second-order valence-electron chi connectivity index (χ2n) is 5.07. The molecule has 7 heteroatoms. The predicted molar refractivity (Wildman–Crippen MR) is 100.0 cm³/mol. The number of hydrogen-bond donors (Lipinski definition) is 2. The van der Waals surface area contributed by atoms with Gasteiger partial charge in [0.15, 0.2) is 11.5 Å². The van der Waals surface area contributed by atoms with E-state index >= 15 is 0 Å². The molecule has 0 unspecified atom stereocenters. The first-order chi connectivity index (χ1) is 12.2. The summed E-state index contributed by atoms with van der Waals surface area (Å²) in [6.07, 6.45) is 1.60. The Kier molecular flexibility index (Phi) is 5.15. The van der Waals surface area contributed by atoms with Crippen molar-refractivity contribution in [2.75, 3.05) is 19.6 Å². The molecule has 0 amide bonds. The SMILES string of the molecule is COc1ccc(-c2csc(N/N=C\c3ccc(OC)c(O)c3)n2)cc1. The lowest BCUT2D eigenvalue weighted by atomic mass is 10.2. The van der Waals surface area contributed by atoms with Gasteiger partial charge < -0.3 is 14.6 Å². The van der Waals surface area contributed by atoms with Gasteiger partial charge in [0.05, 0.1) is 26.1 Å². The van der Waals surface area contributed by atoms with Crippen LogP contribution in [0.25, 0.3) is 11.3 Å². The van der Waals surface area contributed by atoms with E-state index in [2.05, 4.69) is 15.5 Å². The second-order valence-corrected chi connectivity index (χ2v) is 5.93. The number of benzene rings is 2. The highest BCUT2D eigenvalue weighted by molar-refractivity contribution is 7.14. The van der Waals surface area contributed by atoms with Crippen molar-refractivity contribution < 1.29 is 14.6 Å². The highest BCUT2D eigenvalue weighted by atomic mass is 32.1. The average Bonchev–Trinajstić information content (AvgIpc) is 3.11. The summed E-state index contributed by atoms with van der Waals surface area (Å²) in [7, 11) is 3.15. The monoisotopic (exact) mass is 355 g/mol. The molecule has 0 aliphatic carbocycles. The zero-order valence-corrected chi connectivity index (χ0v) is 14.6. The summed E-state index contributed by atoms with van der Waals surface area (Å²) in [6.45, 7) is 0. The molecule has 6 nitrogen and oxygen atoms in total. The summed E-state index contributed by atoms with van der Waals surface area (Å²) in [5.41, 5.74) is 5.52. The van der Waals surface area contributed by atoms with Crippen LogP contribution in [0, 0.1) is 0 Å². The second kappa shape index (κ2) is 7.67. The van der Waals surface area contributed by atoms with Crippen LogP contribution < -0.4 is 14.9 Å². The molecule has 0 bridgehead atoms. The Bertz CT molecular complexity index is 876. The minimum absolute atomic E-state index is 0.0718. The number of hydrogen-bond acceptors (Lipinski definition) is 7. The van der Waals surface area contributed by atoms with Gasteiger partial charge in [-0.15, -0.1) is 11.3 Å². The molecule has 3 rings (SSSR count). The quantitative estimate of drug-likeness (QED) is 0.517. The molecule has 0 atom stereocenters. The van der Waals surface area contributed by atoms with E-state index in [0.717, 1.165) is 22.6 Å². The zero-order chi connectivity index (χ0) is 17.6. The van der Waals surface area contributed by atoms with E-state index in [1.165, 1.54) is 18.4 Å². The van der Waals surface area contributed by atoms with E-state index in [9.17, 15) is 5.11 Å². The molecule has 0 fully saturated rings. The number of aromatic hydroxyl groups is 1. The fourth-order valence-electron chi connectivity index (χ4n) is 2.17.